The quantitative estimate of drug-likeness (QED) is 0.244. The van der Waals surface area contributed by atoms with Crippen molar-refractivity contribution in [2.75, 3.05) is 5.32 Å². The van der Waals surface area contributed by atoms with Crippen LogP contribution in [-0.4, -0.2) is 11.0 Å². The van der Waals surface area contributed by atoms with Crippen LogP contribution in [0.25, 0.3) is 0 Å². The first-order chi connectivity index (χ1) is 15.1. The molecule has 0 unspecified atom stereocenters. The van der Waals surface area contributed by atoms with Crippen molar-refractivity contribution in [3.8, 4) is 11.5 Å². The van der Waals surface area contributed by atoms with Gasteiger partial charge in [0.05, 0.1) is 25.1 Å². The molecule has 0 heterocycles. The number of halogens is 5. The van der Waals surface area contributed by atoms with Crippen molar-refractivity contribution in [2.45, 2.75) is 13.8 Å². The fourth-order valence-electron chi connectivity index (χ4n) is 2.77. The van der Waals surface area contributed by atoms with Crippen molar-refractivity contribution in [3.05, 3.63) is 84.5 Å². The molecule has 0 aliphatic heterocycles. The number of hydrogen-bond donors (Lipinski definition) is 2. The summed E-state index contributed by atoms with van der Waals surface area (Å²) < 4.78 is 20.4. The lowest BCUT2D eigenvalue weighted by molar-refractivity contribution is 0.0974. The van der Waals surface area contributed by atoms with Crippen LogP contribution in [0.15, 0.2) is 46.9 Å². The maximum atomic E-state index is 13.8. The lowest BCUT2D eigenvalue weighted by atomic mass is 10.1. The van der Waals surface area contributed by atoms with E-state index in [0.717, 1.165) is 0 Å². The average molecular weight is 577 g/mol. The molecule has 0 spiro atoms. The van der Waals surface area contributed by atoms with Crippen molar-refractivity contribution in [3.63, 3.8) is 0 Å². The Hall–Kier alpha value is -1.90. The molecule has 3 rings (SSSR count). The van der Waals surface area contributed by atoms with Crippen molar-refractivity contribution in [1.82, 2.24) is 5.32 Å². The van der Waals surface area contributed by atoms with Crippen LogP contribution < -0.4 is 15.4 Å². The minimum absolute atomic E-state index is 0.00212. The van der Waals surface area contributed by atoms with Crippen LogP contribution in [0, 0.1) is 19.7 Å². The zero-order valence-electron chi connectivity index (χ0n) is 16.7. The smallest absolute Gasteiger partial charge is 0.260 e. The summed E-state index contributed by atoms with van der Waals surface area (Å²) in [4.78, 5) is 12.3. The van der Waals surface area contributed by atoms with Gasteiger partial charge < -0.3 is 10.1 Å². The van der Waals surface area contributed by atoms with Crippen LogP contribution >= 0.6 is 63.0 Å². The van der Waals surface area contributed by atoms with Crippen molar-refractivity contribution < 1.29 is 13.9 Å². The zero-order valence-corrected chi connectivity index (χ0v) is 21.3. The van der Waals surface area contributed by atoms with Gasteiger partial charge in [0.25, 0.3) is 5.91 Å². The van der Waals surface area contributed by atoms with Crippen LogP contribution in [0.5, 0.6) is 11.5 Å². The van der Waals surface area contributed by atoms with Gasteiger partial charge in [0.2, 0.25) is 0 Å². The first-order valence-electron chi connectivity index (χ1n) is 9.07. The van der Waals surface area contributed by atoms with Crippen molar-refractivity contribution in [2.24, 2.45) is 0 Å². The molecule has 0 saturated heterocycles. The van der Waals surface area contributed by atoms with Crippen LogP contribution in [0.4, 0.5) is 10.1 Å². The molecule has 3 aromatic carbocycles. The summed E-state index contributed by atoms with van der Waals surface area (Å²) in [5.41, 5.74) is 1.78. The number of carbonyl (C=O) groups excluding carboxylic acids is 1. The third-order valence-electron chi connectivity index (χ3n) is 4.43. The molecular weight excluding hydrogens is 562 g/mol. The van der Waals surface area contributed by atoms with E-state index in [9.17, 15) is 9.18 Å². The van der Waals surface area contributed by atoms with Crippen molar-refractivity contribution in [1.29, 1.82) is 0 Å². The summed E-state index contributed by atoms with van der Waals surface area (Å²) in [5.74, 6) is -0.435. The highest BCUT2D eigenvalue weighted by Crippen LogP contribution is 2.42. The normalized spacial score (nSPS) is 10.6. The zero-order chi connectivity index (χ0) is 23.6. The Bertz CT molecular complexity index is 1240. The van der Waals surface area contributed by atoms with Crippen molar-refractivity contribution >= 4 is 79.7 Å². The molecule has 2 N–H and O–H groups in total. The Labute approximate surface area is 213 Å². The van der Waals surface area contributed by atoms with Gasteiger partial charge in [0.15, 0.2) is 5.11 Å². The van der Waals surface area contributed by atoms with E-state index in [2.05, 4.69) is 26.6 Å². The summed E-state index contributed by atoms with van der Waals surface area (Å²) in [6.45, 7) is 3.57. The largest absolute Gasteiger partial charge is 0.454 e. The van der Waals surface area contributed by atoms with Crippen LogP contribution in [0.3, 0.4) is 0 Å². The number of rotatable bonds is 4. The van der Waals surface area contributed by atoms with Gasteiger partial charge in [0, 0.05) is 11.8 Å². The third-order valence-corrected chi connectivity index (χ3v) is 6.43. The molecule has 0 radical (unpaired) electrons. The second kappa shape index (κ2) is 10.4. The lowest BCUT2D eigenvalue weighted by Crippen LogP contribution is -2.34. The molecule has 10 heteroatoms. The van der Waals surface area contributed by atoms with Gasteiger partial charge in [-0.05, 0) is 77.4 Å². The summed E-state index contributed by atoms with van der Waals surface area (Å²) in [6, 6.07) is 10.6. The number of ether oxygens (including phenoxy) is 1. The molecule has 0 atom stereocenters. The summed E-state index contributed by atoms with van der Waals surface area (Å²) in [6.07, 6.45) is 0. The summed E-state index contributed by atoms with van der Waals surface area (Å²) in [7, 11) is 0. The molecule has 0 saturated carbocycles. The third kappa shape index (κ3) is 5.53. The minimum Gasteiger partial charge on any atom is -0.454 e. The predicted octanol–water partition coefficient (Wildman–Crippen LogP) is 8.08. The van der Waals surface area contributed by atoms with Crippen LogP contribution in [0.1, 0.15) is 21.5 Å². The Kier molecular flexibility index (Phi) is 8.01. The number of hydrogen-bond acceptors (Lipinski definition) is 3. The van der Waals surface area contributed by atoms with Gasteiger partial charge in [-0.2, -0.15) is 0 Å². The van der Waals surface area contributed by atoms with E-state index >= 15 is 0 Å². The van der Waals surface area contributed by atoms with Gasteiger partial charge in [-0.15, -0.1) is 0 Å². The molecular formula is C22H15BrCl3FN2O2S. The SMILES string of the molecule is Cc1cc(NC(=S)NC(=O)c2ccccc2F)c(C)c(Cl)c1Oc1cc(Cl)c(Cl)cc1Br. The van der Waals surface area contributed by atoms with E-state index < -0.39 is 11.7 Å². The lowest BCUT2D eigenvalue weighted by Gasteiger charge is -2.18. The molecule has 166 valence electrons. The Morgan fingerprint density at radius 3 is 2.44 bits per heavy atom. The van der Waals surface area contributed by atoms with E-state index in [1.807, 2.05) is 0 Å². The molecule has 0 aliphatic rings. The fraction of sp³-hybridized carbons (Fsp3) is 0.0909. The maximum Gasteiger partial charge on any atom is 0.260 e. The molecule has 0 bridgehead atoms. The highest BCUT2D eigenvalue weighted by atomic mass is 79.9. The number of carbonyl (C=O) groups is 1. The molecule has 0 aromatic heterocycles. The van der Waals surface area contributed by atoms with E-state index in [0.29, 0.717) is 47.9 Å². The Balaban J connectivity index is 1.81. The van der Waals surface area contributed by atoms with Gasteiger partial charge in [-0.1, -0.05) is 46.9 Å². The maximum absolute atomic E-state index is 13.8. The first-order valence-corrected chi connectivity index (χ1v) is 11.4. The van der Waals surface area contributed by atoms with E-state index in [1.165, 1.54) is 18.2 Å². The molecule has 3 aromatic rings. The topological polar surface area (TPSA) is 50.4 Å². The molecule has 0 fully saturated rings. The Morgan fingerprint density at radius 2 is 1.75 bits per heavy atom. The van der Waals surface area contributed by atoms with Crippen LogP contribution in [0.2, 0.25) is 15.1 Å². The van der Waals surface area contributed by atoms with E-state index in [1.54, 1.807) is 38.1 Å². The molecule has 4 nitrogen and oxygen atoms in total. The highest BCUT2D eigenvalue weighted by molar-refractivity contribution is 9.10. The predicted molar refractivity (Wildman–Crippen MR) is 135 cm³/mol. The van der Waals surface area contributed by atoms with E-state index in [-0.39, 0.29) is 10.7 Å². The summed E-state index contributed by atoms with van der Waals surface area (Å²) in [5, 5.41) is 6.44. The number of thiocarbonyl (C=S) groups is 1. The van der Waals surface area contributed by atoms with Crippen LogP contribution in [-0.2, 0) is 0 Å². The Morgan fingerprint density at radius 1 is 1.09 bits per heavy atom. The van der Waals surface area contributed by atoms with E-state index in [4.69, 9.17) is 51.8 Å². The number of aryl methyl sites for hydroxylation is 1. The van der Waals surface area contributed by atoms with Gasteiger partial charge in [-0.25, -0.2) is 4.39 Å². The van der Waals surface area contributed by atoms with Gasteiger partial charge >= 0.3 is 0 Å². The van der Waals surface area contributed by atoms with Gasteiger partial charge in [0.1, 0.15) is 17.3 Å². The van der Waals surface area contributed by atoms with Gasteiger partial charge in [-0.3, -0.25) is 10.1 Å². The number of anilines is 1. The minimum atomic E-state index is -0.662. The fourth-order valence-corrected chi connectivity index (χ4v) is 4.13. The number of nitrogens with one attached hydrogen (secondary N) is 2. The standard InChI is InChI=1S/C22H15BrCl3FN2O2S/c1-10-7-17(28-22(32)29-21(30)12-5-3-4-6-16(12)27)11(2)19(26)20(10)31-18-9-15(25)14(24)8-13(18)23/h3-9H,1-2H3,(H2,28,29,30,32). The highest BCUT2D eigenvalue weighted by Gasteiger charge is 2.18. The second-order valence-electron chi connectivity index (χ2n) is 6.70. The second-order valence-corrected chi connectivity index (χ2v) is 9.15. The average Bonchev–Trinajstić information content (AvgIpc) is 2.73. The summed E-state index contributed by atoms with van der Waals surface area (Å²) >= 11 is 27.3. The number of amides is 1. The first kappa shape index (κ1) is 24.7. The molecule has 1 amide bonds. The monoisotopic (exact) mass is 574 g/mol. The molecule has 0 aliphatic carbocycles. The number of benzene rings is 3. The molecule has 32 heavy (non-hydrogen) atoms.